The molecule has 0 bridgehead atoms. The molecule has 1 aliphatic rings. The highest BCUT2D eigenvalue weighted by Gasteiger charge is 2.16. The van der Waals surface area contributed by atoms with Crippen LogP contribution < -0.4 is 10.2 Å². The predicted molar refractivity (Wildman–Crippen MR) is 101 cm³/mol. The average Bonchev–Trinajstić information content (AvgIpc) is 2.58. The Labute approximate surface area is 152 Å². The number of amides is 1. The van der Waals surface area contributed by atoms with E-state index in [4.69, 9.17) is 23.2 Å². The molecule has 0 aliphatic carbocycles. The molecule has 0 radical (unpaired) electrons. The van der Waals surface area contributed by atoms with Crippen molar-refractivity contribution in [1.29, 1.82) is 0 Å². The Morgan fingerprint density at radius 2 is 1.75 bits per heavy atom. The minimum absolute atomic E-state index is 0.262. The molecule has 0 unspecified atom stereocenters. The second-order valence-corrected chi connectivity index (χ2v) is 7.14. The SMILES string of the molecule is CC1CCN(c2ccc(NC(=O)c3cc(Cl)ccc3Cl)cc2)CC1. The topological polar surface area (TPSA) is 32.3 Å². The van der Waals surface area contributed by atoms with Gasteiger partial charge in [-0.25, -0.2) is 0 Å². The molecule has 126 valence electrons. The van der Waals surface area contributed by atoms with E-state index in [0.29, 0.717) is 15.6 Å². The van der Waals surface area contributed by atoms with Gasteiger partial charge in [-0.15, -0.1) is 0 Å². The molecule has 3 nitrogen and oxygen atoms in total. The standard InChI is InChI=1S/C19H20Cl2N2O/c1-13-8-10-23(11-9-13)16-5-3-15(4-6-16)22-19(24)17-12-14(20)2-7-18(17)21/h2-7,12-13H,8-11H2,1H3,(H,22,24). The van der Waals surface area contributed by atoms with Crippen molar-refractivity contribution in [2.75, 3.05) is 23.3 Å². The van der Waals surface area contributed by atoms with Crippen molar-refractivity contribution >= 4 is 40.5 Å². The lowest BCUT2D eigenvalue weighted by Gasteiger charge is -2.32. The smallest absolute Gasteiger partial charge is 0.257 e. The van der Waals surface area contributed by atoms with Crippen LogP contribution in [0.3, 0.4) is 0 Å². The lowest BCUT2D eigenvalue weighted by Crippen LogP contribution is -2.32. The average molecular weight is 363 g/mol. The number of halogens is 2. The largest absolute Gasteiger partial charge is 0.372 e. The van der Waals surface area contributed by atoms with E-state index in [1.165, 1.54) is 18.5 Å². The van der Waals surface area contributed by atoms with Crippen molar-refractivity contribution in [1.82, 2.24) is 0 Å². The van der Waals surface area contributed by atoms with Crippen molar-refractivity contribution < 1.29 is 4.79 Å². The zero-order valence-corrected chi connectivity index (χ0v) is 15.1. The lowest BCUT2D eigenvalue weighted by atomic mass is 9.99. The van der Waals surface area contributed by atoms with Crippen molar-refractivity contribution in [3.63, 3.8) is 0 Å². The van der Waals surface area contributed by atoms with E-state index >= 15 is 0 Å². The normalized spacial score (nSPS) is 15.4. The summed E-state index contributed by atoms with van der Waals surface area (Å²) in [5.74, 6) is 0.546. The number of benzene rings is 2. The summed E-state index contributed by atoms with van der Waals surface area (Å²) in [6, 6.07) is 12.8. The molecule has 5 heteroatoms. The van der Waals surface area contributed by atoms with Gasteiger partial charge in [0.2, 0.25) is 0 Å². The quantitative estimate of drug-likeness (QED) is 0.783. The first-order valence-corrected chi connectivity index (χ1v) is 8.90. The number of carbonyl (C=O) groups excluding carboxylic acids is 1. The maximum atomic E-state index is 12.3. The summed E-state index contributed by atoms with van der Waals surface area (Å²) in [6.07, 6.45) is 2.46. The van der Waals surface area contributed by atoms with Crippen molar-refractivity contribution in [3.8, 4) is 0 Å². The first kappa shape index (κ1) is 17.1. The van der Waals surface area contributed by atoms with Crippen LogP contribution in [0.25, 0.3) is 0 Å². The van der Waals surface area contributed by atoms with Gasteiger partial charge >= 0.3 is 0 Å². The summed E-state index contributed by atoms with van der Waals surface area (Å²) >= 11 is 12.0. The highest BCUT2D eigenvalue weighted by molar-refractivity contribution is 6.36. The number of carbonyl (C=O) groups is 1. The maximum absolute atomic E-state index is 12.3. The van der Waals surface area contributed by atoms with Gasteiger partial charge in [0.25, 0.3) is 5.91 Å². The minimum atomic E-state index is -0.262. The fraction of sp³-hybridized carbons (Fsp3) is 0.316. The first-order valence-electron chi connectivity index (χ1n) is 8.14. The maximum Gasteiger partial charge on any atom is 0.257 e. The monoisotopic (exact) mass is 362 g/mol. The third-order valence-corrected chi connectivity index (χ3v) is 5.01. The van der Waals surface area contributed by atoms with Crippen LogP contribution >= 0.6 is 23.2 Å². The molecular formula is C19H20Cl2N2O. The second kappa shape index (κ2) is 7.45. The molecule has 0 atom stereocenters. The molecule has 1 amide bonds. The molecule has 2 aromatic rings. The van der Waals surface area contributed by atoms with Gasteiger partial charge in [-0.05, 0) is 61.2 Å². The Bertz CT molecular complexity index is 723. The Morgan fingerprint density at radius 1 is 1.08 bits per heavy atom. The molecule has 3 rings (SSSR count). The van der Waals surface area contributed by atoms with E-state index in [1.807, 2.05) is 24.3 Å². The Balaban J connectivity index is 1.68. The number of rotatable bonds is 3. The highest BCUT2D eigenvalue weighted by atomic mass is 35.5. The van der Waals surface area contributed by atoms with Crippen molar-refractivity contribution in [2.45, 2.75) is 19.8 Å². The number of nitrogens with zero attached hydrogens (tertiary/aromatic N) is 1. The van der Waals surface area contributed by atoms with Crippen LogP contribution in [0.2, 0.25) is 10.0 Å². The van der Waals surface area contributed by atoms with Gasteiger partial charge in [-0.3, -0.25) is 4.79 Å². The van der Waals surface area contributed by atoms with Gasteiger partial charge in [0.05, 0.1) is 10.6 Å². The molecule has 24 heavy (non-hydrogen) atoms. The summed E-state index contributed by atoms with van der Waals surface area (Å²) in [7, 11) is 0. The van der Waals surface area contributed by atoms with Gasteiger partial charge in [0.1, 0.15) is 0 Å². The minimum Gasteiger partial charge on any atom is -0.372 e. The van der Waals surface area contributed by atoms with E-state index in [1.54, 1.807) is 18.2 Å². The zero-order chi connectivity index (χ0) is 17.1. The summed E-state index contributed by atoms with van der Waals surface area (Å²) < 4.78 is 0. The fourth-order valence-corrected chi connectivity index (χ4v) is 3.27. The Kier molecular flexibility index (Phi) is 5.32. The van der Waals surface area contributed by atoms with Gasteiger partial charge < -0.3 is 10.2 Å². The summed E-state index contributed by atoms with van der Waals surface area (Å²) in [6.45, 7) is 4.48. The van der Waals surface area contributed by atoms with E-state index < -0.39 is 0 Å². The van der Waals surface area contributed by atoms with Gasteiger partial charge in [0.15, 0.2) is 0 Å². The summed E-state index contributed by atoms with van der Waals surface area (Å²) in [5.41, 5.74) is 2.31. The molecule has 1 saturated heterocycles. The number of piperidine rings is 1. The second-order valence-electron chi connectivity index (χ2n) is 6.29. The van der Waals surface area contributed by atoms with Crippen LogP contribution in [-0.4, -0.2) is 19.0 Å². The Hall–Kier alpha value is -1.71. The molecule has 0 aromatic heterocycles. The number of nitrogens with one attached hydrogen (secondary N) is 1. The first-order chi connectivity index (χ1) is 11.5. The fourth-order valence-electron chi connectivity index (χ4n) is 2.89. The van der Waals surface area contributed by atoms with Crippen LogP contribution in [0.1, 0.15) is 30.1 Å². The van der Waals surface area contributed by atoms with Gasteiger partial charge in [-0.1, -0.05) is 30.1 Å². The molecule has 0 spiro atoms. The van der Waals surface area contributed by atoms with E-state index in [9.17, 15) is 4.79 Å². The molecule has 1 fully saturated rings. The molecule has 1 heterocycles. The van der Waals surface area contributed by atoms with E-state index in [0.717, 1.165) is 24.7 Å². The highest BCUT2D eigenvalue weighted by Crippen LogP contribution is 2.25. The molecule has 1 N–H and O–H groups in total. The lowest BCUT2D eigenvalue weighted by molar-refractivity contribution is 0.102. The molecule has 0 saturated carbocycles. The number of hydrogen-bond donors (Lipinski definition) is 1. The van der Waals surface area contributed by atoms with Crippen LogP contribution in [0.4, 0.5) is 11.4 Å². The van der Waals surface area contributed by atoms with Crippen LogP contribution in [0, 0.1) is 5.92 Å². The van der Waals surface area contributed by atoms with E-state index in [2.05, 4.69) is 17.1 Å². The third kappa shape index (κ3) is 4.03. The summed E-state index contributed by atoms with van der Waals surface area (Å²) in [5, 5.41) is 3.73. The zero-order valence-electron chi connectivity index (χ0n) is 13.6. The predicted octanol–water partition coefficient (Wildman–Crippen LogP) is 5.48. The number of anilines is 2. The van der Waals surface area contributed by atoms with Crippen molar-refractivity contribution in [3.05, 3.63) is 58.1 Å². The van der Waals surface area contributed by atoms with E-state index in [-0.39, 0.29) is 5.91 Å². The Morgan fingerprint density at radius 3 is 2.42 bits per heavy atom. The summed E-state index contributed by atoms with van der Waals surface area (Å²) in [4.78, 5) is 14.7. The van der Waals surface area contributed by atoms with Crippen LogP contribution in [0.5, 0.6) is 0 Å². The molecule has 2 aromatic carbocycles. The van der Waals surface area contributed by atoms with Gasteiger partial charge in [-0.2, -0.15) is 0 Å². The number of hydrogen-bond acceptors (Lipinski definition) is 2. The van der Waals surface area contributed by atoms with Crippen LogP contribution in [0.15, 0.2) is 42.5 Å². The third-order valence-electron chi connectivity index (χ3n) is 4.45. The van der Waals surface area contributed by atoms with Crippen LogP contribution in [-0.2, 0) is 0 Å². The molecular weight excluding hydrogens is 343 g/mol. The molecule has 1 aliphatic heterocycles. The van der Waals surface area contributed by atoms with Gasteiger partial charge in [0, 0.05) is 29.5 Å². The van der Waals surface area contributed by atoms with Crippen molar-refractivity contribution in [2.24, 2.45) is 5.92 Å².